The van der Waals surface area contributed by atoms with E-state index in [0.717, 1.165) is 31.8 Å². The lowest BCUT2D eigenvalue weighted by molar-refractivity contribution is -0.141. The van der Waals surface area contributed by atoms with Crippen molar-refractivity contribution in [3.05, 3.63) is 48.8 Å². The van der Waals surface area contributed by atoms with Crippen molar-refractivity contribution >= 4 is 11.5 Å². The molecule has 4 aromatic rings. The van der Waals surface area contributed by atoms with Gasteiger partial charge < -0.3 is 9.32 Å². The van der Waals surface area contributed by atoms with Crippen molar-refractivity contribution in [2.45, 2.75) is 24.9 Å². The van der Waals surface area contributed by atoms with Crippen molar-refractivity contribution in [2.75, 3.05) is 18.0 Å². The van der Waals surface area contributed by atoms with Crippen molar-refractivity contribution in [1.82, 2.24) is 34.5 Å². The first-order chi connectivity index (χ1) is 14.5. The minimum absolute atomic E-state index is 0.0934. The third-order valence-electron chi connectivity index (χ3n) is 5.03. The highest BCUT2D eigenvalue weighted by atomic mass is 19.4. The van der Waals surface area contributed by atoms with E-state index in [-0.39, 0.29) is 17.4 Å². The molecule has 0 aromatic carbocycles. The Bertz CT molecular complexity index is 1170. The number of imidazole rings is 1. The largest absolute Gasteiger partial charge is 0.434 e. The van der Waals surface area contributed by atoms with Gasteiger partial charge in [0.2, 0.25) is 12.3 Å². The van der Waals surface area contributed by atoms with Gasteiger partial charge in [0.15, 0.2) is 17.2 Å². The molecule has 0 radical (unpaired) electrons. The van der Waals surface area contributed by atoms with Gasteiger partial charge in [0.05, 0.1) is 18.3 Å². The van der Waals surface area contributed by atoms with Gasteiger partial charge in [-0.15, -0.1) is 10.2 Å². The Morgan fingerprint density at radius 3 is 2.83 bits per heavy atom. The monoisotopic (exact) mass is 416 g/mol. The second-order valence-electron chi connectivity index (χ2n) is 6.94. The number of hydrogen-bond donors (Lipinski definition) is 0. The Morgan fingerprint density at radius 2 is 2.03 bits per heavy atom. The predicted octanol–water partition coefficient (Wildman–Crippen LogP) is 2.97. The van der Waals surface area contributed by atoms with Gasteiger partial charge >= 0.3 is 6.18 Å². The molecule has 1 atom stereocenters. The van der Waals surface area contributed by atoms with Gasteiger partial charge in [-0.05, 0) is 18.9 Å². The van der Waals surface area contributed by atoms with E-state index in [2.05, 4.69) is 35.0 Å². The van der Waals surface area contributed by atoms with Crippen LogP contribution in [0.15, 0.2) is 41.7 Å². The standard InChI is InChI=1S/C18H15F3N8O/c19-18(20,21)13-9-29-12(6-24-15(29)7-23-13)16-22-4-3-14(26-16)28-5-1-2-11(8-28)17-27-25-10-30-17/h3-4,6-7,9-11H,1-2,5,8H2. The first-order valence-corrected chi connectivity index (χ1v) is 9.24. The Hall–Kier alpha value is -3.57. The molecule has 0 spiro atoms. The van der Waals surface area contributed by atoms with E-state index < -0.39 is 11.9 Å². The predicted molar refractivity (Wildman–Crippen MR) is 97.5 cm³/mol. The molecule has 1 fully saturated rings. The molecular weight excluding hydrogens is 401 g/mol. The smallest absolute Gasteiger partial charge is 0.428 e. The van der Waals surface area contributed by atoms with Crippen molar-refractivity contribution in [1.29, 1.82) is 0 Å². The van der Waals surface area contributed by atoms with Gasteiger partial charge in [-0.3, -0.25) is 4.40 Å². The summed E-state index contributed by atoms with van der Waals surface area (Å²) in [6.45, 7) is 1.43. The SMILES string of the molecule is FC(F)(F)c1cn2c(-c3nccc(N4CCCC(c5nnco5)C4)n3)cnc2cn1. The van der Waals surface area contributed by atoms with E-state index in [0.29, 0.717) is 23.9 Å². The summed E-state index contributed by atoms with van der Waals surface area (Å²) in [4.78, 5) is 18.5. The maximum Gasteiger partial charge on any atom is 0.434 e. The molecule has 9 nitrogen and oxygen atoms in total. The summed E-state index contributed by atoms with van der Waals surface area (Å²) >= 11 is 0. The molecule has 0 aliphatic carbocycles. The second kappa shape index (κ2) is 7.04. The molecule has 4 aromatic heterocycles. The number of anilines is 1. The van der Waals surface area contributed by atoms with Gasteiger partial charge in [-0.25, -0.2) is 19.9 Å². The van der Waals surface area contributed by atoms with E-state index in [9.17, 15) is 13.2 Å². The summed E-state index contributed by atoms with van der Waals surface area (Å²) in [5, 5.41) is 7.74. The lowest BCUT2D eigenvalue weighted by atomic mass is 9.98. The Kier molecular flexibility index (Phi) is 4.33. The maximum absolute atomic E-state index is 13.1. The van der Waals surface area contributed by atoms with E-state index in [4.69, 9.17) is 4.42 Å². The molecule has 1 aliphatic rings. The fraction of sp³-hybridized carbons (Fsp3) is 0.333. The topological polar surface area (TPSA) is 98.1 Å². The zero-order valence-electron chi connectivity index (χ0n) is 15.5. The molecule has 0 bridgehead atoms. The van der Waals surface area contributed by atoms with Gasteiger partial charge in [0, 0.05) is 25.5 Å². The average Bonchev–Trinajstić information content (AvgIpc) is 3.43. The van der Waals surface area contributed by atoms with Crippen molar-refractivity contribution in [3.63, 3.8) is 0 Å². The molecule has 0 saturated carbocycles. The van der Waals surface area contributed by atoms with Crippen LogP contribution in [0.5, 0.6) is 0 Å². The van der Waals surface area contributed by atoms with Crippen molar-refractivity contribution in [3.8, 4) is 11.5 Å². The first kappa shape index (κ1) is 18.5. The van der Waals surface area contributed by atoms with Crippen LogP contribution >= 0.6 is 0 Å². The summed E-state index contributed by atoms with van der Waals surface area (Å²) in [7, 11) is 0. The number of piperidine rings is 1. The van der Waals surface area contributed by atoms with Gasteiger partial charge in [0.25, 0.3) is 0 Å². The Labute approximate surface area is 167 Å². The first-order valence-electron chi connectivity index (χ1n) is 9.24. The normalized spacial score (nSPS) is 17.6. The number of aromatic nitrogens is 7. The van der Waals surface area contributed by atoms with E-state index >= 15 is 0 Å². The number of halogens is 3. The van der Waals surface area contributed by atoms with Crippen LogP contribution in [0.2, 0.25) is 0 Å². The van der Waals surface area contributed by atoms with Crippen LogP contribution in [0.1, 0.15) is 30.3 Å². The average molecular weight is 416 g/mol. The van der Waals surface area contributed by atoms with E-state index in [1.807, 2.05) is 0 Å². The lowest BCUT2D eigenvalue weighted by Crippen LogP contribution is -2.35. The number of fused-ring (bicyclic) bond motifs is 1. The van der Waals surface area contributed by atoms with E-state index in [1.165, 1.54) is 17.0 Å². The highest BCUT2D eigenvalue weighted by Gasteiger charge is 2.33. The summed E-state index contributed by atoms with van der Waals surface area (Å²) in [5.74, 6) is 1.63. The number of rotatable bonds is 3. The molecule has 1 aliphatic heterocycles. The van der Waals surface area contributed by atoms with E-state index in [1.54, 1.807) is 12.3 Å². The molecular formula is C18H15F3N8O. The van der Waals surface area contributed by atoms with Crippen LogP contribution in [-0.4, -0.2) is 47.6 Å². The molecule has 1 saturated heterocycles. The fourth-order valence-corrected chi connectivity index (χ4v) is 3.60. The van der Waals surface area contributed by atoms with Gasteiger partial charge in [0.1, 0.15) is 11.5 Å². The van der Waals surface area contributed by atoms with Crippen molar-refractivity contribution in [2.24, 2.45) is 0 Å². The Balaban J connectivity index is 1.48. The summed E-state index contributed by atoms with van der Waals surface area (Å²) in [6, 6.07) is 1.77. The van der Waals surface area contributed by atoms with Crippen LogP contribution in [0.3, 0.4) is 0 Å². The maximum atomic E-state index is 13.1. The molecule has 1 unspecified atom stereocenters. The van der Waals surface area contributed by atoms with Crippen molar-refractivity contribution < 1.29 is 17.6 Å². The zero-order valence-corrected chi connectivity index (χ0v) is 15.5. The zero-order chi connectivity index (χ0) is 20.7. The molecule has 5 rings (SSSR count). The summed E-state index contributed by atoms with van der Waals surface area (Å²) < 4.78 is 45.8. The number of alkyl halides is 3. The molecule has 0 amide bonds. The third kappa shape index (κ3) is 3.33. The molecule has 12 heteroatoms. The molecule has 154 valence electrons. The quantitative estimate of drug-likeness (QED) is 0.503. The van der Waals surface area contributed by atoms with Gasteiger partial charge in [-0.2, -0.15) is 13.2 Å². The van der Waals surface area contributed by atoms with Crippen LogP contribution in [0.25, 0.3) is 17.2 Å². The summed E-state index contributed by atoms with van der Waals surface area (Å²) in [5.41, 5.74) is -0.379. The molecule has 0 N–H and O–H groups in total. The van der Waals surface area contributed by atoms with Crippen LogP contribution in [0, 0.1) is 0 Å². The number of hydrogen-bond acceptors (Lipinski definition) is 8. The lowest BCUT2D eigenvalue weighted by Gasteiger charge is -2.32. The van der Waals surface area contributed by atoms with Crippen LogP contribution in [-0.2, 0) is 6.18 Å². The van der Waals surface area contributed by atoms with Gasteiger partial charge in [-0.1, -0.05) is 0 Å². The highest BCUT2D eigenvalue weighted by molar-refractivity contribution is 5.58. The summed E-state index contributed by atoms with van der Waals surface area (Å²) in [6.07, 6.45) is 3.60. The third-order valence-corrected chi connectivity index (χ3v) is 5.03. The molecule has 5 heterocycles. The minimum Gasteiger partial charge on any atom is -0.428 e. The molecule has 30 heavy (non-hydrogen) atoms. The number of nitrogens with zero attached hydrogens (tertiary/aromatic N) is 8. The van der Waals surface area contributed by atoms with Crippen LogP contribution in [0.4, 0.5) is 19.0 Å². The Morgan fingerprint density at radius 1 is 1.13 bits per heavy atom. The fourth-order valence-electron chi connectivity index (χ4n) is 3.60. The minimum atomic E-state index is -4.56. The highest BCUT2D eigenvalue weighted by Crippen LogP contribution is 2.30. The second-order valence-corrected chi connectivity index (χ2v) is 6.94. The van der Waals surface area contributed by atoms with Crippen LogP contribution < -0.4 is 4.90 Å².